The molecule has 3 aromatic rings. The number of aromatic nitrogens is 4. The molecular weight excluding hydrogens is 456 g/mol. The van der Waals surface area contributed by atoms with E-state index in [9.17, 15) is 18.5 Å². The number of fused-ring (bicyclic) bond motifs is 1. The minimum atomic E-state index is -3.68. The molecule has 3 N–H and O–H groups in total. The molecule has 0 saturated carbocycles. The van der Waals surface area contributed by atoms with Crippen molar-refractivity contribution in [2.24, 2.45) is 0 Å². The summed E-state index contributed by atoms with van der Waals surface area (Å²) in [5.74, 6) is -0.689. The van der Waals surface area contributed by atoms with Crippen LogP contribution in [-0.2, 0) is 36.3 Å². The van der Waals surface area contributed by atoms with Crippen molar-refractivity contribution in [2.45, 2.75) is 26.5 Å². The molecule has 1 atom stereocenters. The maximum absolute atomic E-state index is 13.4. The van der Waals surface area contributed by atoms with Gasteiger partial charge in [0.05, 0.1) is 32.3 Å². The Kier molecular flexibility index (Phi) is 8.45. The zero-order valence-corrected chi connectivity index (χ0v) is 18.9. The molecule has 1 unspecified atom stereocenters. The van der Waals surface area contributed by atoms with Gasteiger partial charge in [0, 0.05) is 13.0 Å². The lowest BCUT2D eigenvalue weighted by molar-refractivity contribution is -0.121. The smallest absolute Gasteiger partial charge is 0.333 e. The van der Waals surface area contributed by atoms with Gasteiger partial charge in [0.25, 0.3) is 5.56 Å². The first kappa shape index (κ1) is 24.7. The molecular formula is C20H25FN5O6P. The number of halogens is 1. The standard InChI is InChI=1S/C20H25FN5O6P/c1-2-16(27)12-32-33(29,31-11-14-4-3-5-15(21)10-14)9-8-30-7-6-26-13-23-17-18(26)24-20(22)25-19(17)28/h3-5,10,13H,2,6-9,11-12H2,1H3,(H3,22,24,25,28). The molecule has 2 aromatic heterocycles. The third kappa shape index (κ3) is 7.03. The molecule has 1 aromatic carbocycles. The van der Waals surface area contributed by atoms with Crippen LogP contribution >= 0.6 is 7.60 Å². The van der Waals surface area contributed by atoms with E-state index in [4.69, 9.17) is 19.5 Å². The first-order chi connectivity index (χ1) is 15.8. The van der Waals surface area contributed by atoms with Gasteiger partial charge in [-0.1, -0.05) is 19.1 Å². The normalized spacial score (nSPS) is 13.3. The number of imidazole rings is 1. The van der Waals surface area contributed by atoms with Gasteiger partial charge in [-0.05, 0) is 17.7 Å². The number of nitrogens with one attached hydrogen (secondary N) is 1. The van der Waals surface area contributed by atoms with E-state index >= 15 is 0 Å². The van der Waals surface area contributed by atoms with Gasteiger partial charge >= 0.3 is 7.60 Å². The molecule has 3 rings (SSSR count). The van der Waals surface area contributed by atoms with Crippen LogP contribution in [0.25, 0.3) is 11.2 Å². The van der Waals surface area contributed by atoms with E-state index in [1.54, 1.807) is 17.6 Å². The molecule has 0 aliphatic carbocycles. The quantitative estimate of drug-likeness (QED) is 0.277. The number of anilines is 1. The second-order valence-corrected chi connectivity index (χ2v) is 9.26. The number of ether oxygens (including phenoxy) is 1. The predicted octanol–water partition coefficient (Wildman–Crippen LogP) is 2.26. The summed E-state index contributed by atoms with van der Waals surface area (Å²) in [6.45, 7) is 1.71. The number of H-pyrrole nitrogens is 1. The van der Waals surface area contributed by atoms with E-state index in [1.807, 2.05) is 0 Å². The summed E-state index contributed by atoms with van der Waals surface area (Å²) in [6.07, 6.45) is 1.58. The number of ketones is 1. The first-order valence-electron chi connectivity index (χ1n) is 10.2. The highest BCUT2D eigenvalue weighted by molar-refractivity contribution is 7.53. The molecule has 0 spiro atoms. The monoisotopic (exact) mass is 481 g/mol. The molecule has 11 nitrogen and oxygen atoms in total. The summed E-state index contributed by atoms with van der Waals surface area (Å²) in [4.78, 5) is 33.9. The second-order valence-electron chi connectivity index (χ2n) is 7.08. The summed E-state index contributed by atoms with van der Waals surface area (Å²) in [7, 11) is -3.68. The Morgan fingerprint density at radius 1 is 1.30 bits per heavy atom. The molecule has 0 amide bonds. The zero-order valence-electron chi connectivity index (χ0n) is 18.0. The van der Waals surface area contributed by atoms with Crippen LogP contribution in [0.2, 0.25) is 0 Å². The number of hydrogen-bond acceptors (Lipinski definition) is 9. The van der Waals surface area contributed by atoms with Gasteiger partial charge in [0.2, 0.25) is 5.95 Å². The van der Waals surface area contributed by atoms with E-state index in [2.05, 4.69) is 15.0 Å². The van der Waals surface area contributed by atoms with Crippen molar-refractivity contribution < 1.29 is 27.5 Å². The molecule has 2 heterocycles. The summed E-state index contributed by atoms with van der Waals surface area (Å²) < 4.78 is 44.4. The number of hydrogen-bond donors (Lipinski definition) is 2. The van der Waals surface area contributed by atoms with Gasteiger partial charge < -0.3 is 24.1 Å². The average molecular weight is 481 g/mol. The molecule has 0 saturated heterocycles. The summed E-state index contributed by atoms with van der Waals surface area (Å²) in [5, 5.41) is 0. The van der Waals surface area contributed by atoms with Crippen LogP contribution in [0.4, 0.5) is 10.3 Å². The van der Waals surface area contributed by atoms with Crippen molar-refractivity contribution >= 4 is 30.5 Å². The second kappa shape index (κ2) is 11.3. The lowest BCUT2D eigenvalue weighted by Crippen LogP contribution is -2.14. The van der Waals surface area contributed by atoms with Crippen molar-refractivity contribution in [3.63, 3.8) is 0 Å². The van der Waals surface area contributed by atoms with Gasteiger partial charge in [-0.15, -0.1) is 0 Å². The molecule has 0 radical (unpaired) electrons. The number of nitrogens with zero attached hydrogens (tertiary/aromatic N) is 3. The molecule has 13 heteroatoms. The minimum absolute atomic E-state index is 0.0174. The number of Topliss-reactive ketones (excluding diaryl/α,β-unsaturated/α-hetero) is 1. The Balaban J connectivity index is 1.54. The summed E-state index contributed by atoms with van der Waals surface area (Å²) >= 11 is 0. The molecule has 33 heavy (non-hydrogen) atoms. The van der Waals surface area contributed by atoms with Crippen LogP contribution in [0.3, 0.4) is 0 Å². The Morgan fingerprint density at radius 2 is 2.12 bits per heavy atom. The van der Waals surface area contributed by atoms with Gasteiger partial charge in [-0.2, -0.15) is 4.98 Å². The molecule has 0 bridgehead atoms. The Labute approximate surface area is 188 Å². The number of carbonyl (C=O) groups is 1. The number of rotatable bonds is 13. The maximum atomic E-state index is 13.4. The molecule has 0 aliphatic heterocycles. The number of benzene rings is 1. The van der Waals surface area contributed by atoms with Crippen LogP contribution in [0.5, 0.6) is 0 Å². The summed E-state index contributed by atoms with van der Waals surface area (Å²) in [5.41, 5.74) is 6.10. The predicted molar refractivity (Wildman–Crippen MR) is 118 cm³/mol. The highest BCUT2D eigenvalue weighted by atomic mass is 31.2. The Morgan fingerprint density at radius 3 is 2.88 bits per heavy atom. The fourth-order valence-corrected chi connectivity index (χ4v) is 4.19. The van der Waals surface area contributed by atoms with Gasteiger partial charge in [0.1, 0.15) is 12.4 Å². The van der Waals surface area contributed by atoms with Crippen molar-refractivity contribution in [1.29, 1.82) is 0 Å². The van der Waals surface area contributed by atoms with E-state index in [1.165, 1.54) is 24.5 Å². The lowest BCUT2D eigenvalue weighted by Gasteiger charge is -2.18. The van der Waals surface area contributed by atoms with Crippen LogP contribution in [0, 0.1) is 5.82 Å². The molecule has 0 aliphatic rings. The molecule has 178 valence electrons. The highest BCUT2D eigenvalue weighted by Crippen LogP contribution is 2.48. The van der Waals surface area contributed by atoms with E-state index in [0.29, 0.717) is 17.8 Å². The number of nitrogens with two attached hydrogens (primary N) is 1. The number of carbonyl (C=O) groups excluding carboxylic acids is 1. The van der Waals surface area contributed by atoms with Crippen LogP contribution in [0.1, 0.15) is 18.9 Å². The van der Waals surface area contributed by atoms with Crippen LogP contribution < -0.4 is 11.3 Å². The van der Waals surface area contributed by atoms with E-state index in [0.717, 1.165) is 0 Å². The number of aromatic amines is 1. The first-order valence-corrected chi connectivity index (χ1v) is 11.9. The average Bonchev–Trinajstić information content (AvgIpc) is 3.19. The van der Waals surface area contributed by atoms with Crippen molar-refractivity contribution in [2.75, 3.05) is 31.7 Å². The Hall–Kier alpha value is -2.92. The third-order valence-corrected chi connectivity index (χ3v) is 6.39. The van der Waals surface area contributed by atoms with Gasteiger partial charge in [-0.25, -0.2) is 9.37 Å². The highest BCUT2D eigenvalue weighted by Gasteiger charge is 2.26. The summed E-state index contributed by atoms with van der Waals surface area (Å²) in [6, 6.07) is 5.69. The van der Waals surface area contributed by atoms with Crippen molar-refractivity contribution in [3.05, 3.63) is 52.3 Å². The van der Waals surface area contributed by atoms with Gasteiger partial charge in [0.15, 0.2) is 16.9 Å². The topological polar surface area (TPSA) is 151 Å². The lowest BCUT2D eigenvalue weighted by atomic mass is 10.2. The van der Waals surface area contributed by atoms with Crippen molar-refractivity contribution in [1.82, 2.24) is 19.5 Å². The Bertz CT molecular complexity index is 1210. The largest absolute Gasteiger partial charge is 0.379 e. The fourth-order valence-electron chi connectivity index (χ4n) is 2.81. The zero-order chi connectivity index (χ0) is 23.8. The molecule has 0 fully saturated rings. The fraction of sp³-hybridized carbons (Fsp3) is 0.400. The van der Waals surface area contributed by atoms with Crippen molar-refractivity contribution in [3.8, 4) is 0 Å². The van der Waals surface area contributed by atoms with E-state index < -0.39 is 19.0 Å². The SMILES string of the molecule is CCC(=O)COP(=O)(CCOCCn1cnc2c(=O)[nH]c(N)nc21)OCc1cccc(F)c1. The maximum Gasteiger partial charge on any atom is 0.333 e. The van der Waals surface area contributed by atoms with Gasteiger partial charge in [-0.3, -0.25) is 19.1 Å². The van der Waals surface area contributed by atoms with E-state index in [-0.39, 0.29) is 56.3 Å². The minimum Gasteiger partial charge on any atom is -0.379 e. The van der Waals surface area contributed by atoms with Crippen LogP contribution in [-0.4, -0.2) is 51.3 Å². The number of nitrogen functional groups attached to an aromatic ring is 1. The van der Waals surface area contributed by atoms with Crippen LogP contribution in [0.15, 0.2) is 35.4 Å². The third-order valence-electron chi connectivity index (χ3n) is 4.61.